The molecule has 0 aliphatic rings. The van der Waals surface area contributed by atoms with Gasteiger partial charge in [-0.1, -0.05) is 29.8 Å². The van der Waals surface area contributed by atoms with E-state index in [0.29, 0.717) is 30.5 Å². The lowest BCUT2D eigenvalue weighted by atomic mass is 10.2. The van der Waals surface area contributed by atoms with Gasteiger partial charge in [0.25, 0.3) is 0 Å². The van der Waals surface area contributed by atoms with Crippen molar-refractivity contribution in [2.45, 2.75) is 13.5 Å². The zero-order chi connectivity index (χ0) is 13.7. The Morgan fingerprint density at radius 2 is 2.05 bits per heavy atom. The number of halogens is 1. The predicted molar refractivity (Wildman–Crippen MR) is 78.6 cm³/mol. The van der Waals surface area contributed by atoms with Gasteiger partial charge in [0.2, 0.25) is 5.88 Å². The number of hydrogen-bond donors (Lipinski definition) is 2. The molecule has 0 atom stereocenters. The molecular weight excluding hydrogens is 262 g/mol. The minimum Gasteiger partial charge on any atom is -0.476 e. The molecule has 2 rings (SSSR count). The highest BCUT2D eigenvalue weighted by molar-refractivity contribution is 6.31. The number of nitrogens with two attached hydrogens (primary N) is 1. The third-order valence-electron chi connectivity index (χ3n) is 2.59. The molecule has 0 aliphatic heterocycles. The van der Waals surface area contributed by atoms with Gasteiger partial charge in [-0.2, -0.15) is 4.98 Å². The molecule has 0 bridgehead atoms. The van der Waals surface area contributed by atoms with Crippen molar-refractivity contribution in [3.8, 4) is 5.88 Å². The largest absolute Gasteiger partial charge is 0.476 e. The lowest BCUT2D eigenvalue weighted by molar-refractivity contribution is 0.329. The number of rotatable bonds is 5. The molecule has 0 amide bonds. The average Bonchev–Trinajstić information content (AvgIpc) is 2.41. The van der Waals surface area contributed by atoms with Crippen molar-refractivity contribution < 1.29 is 4.74 Å². The van der Waals surface area contributed by atoms with Crippen molar-refractivity contribution in [1.29, 1.82) is 0 Å². The van der Waals surface area contributed by atoms with Crippen LogP contribution in [0.2, 0.25) is 5.02 Å². The van der Waals surface area contributed by atoms with Crippen molar-refractivity contribution in [2.24, 2.45) is 0 Å². The summed E-state index contributed by atoms with van der Waals surface area (Å²) >= 11 is 6.09. The maximum absolute atomic E-state index is 6.09. The Labute approximate surface area is 117 Å². The summed E-state index contributed by atoms with van der Waals surface area (Å²) in [5.41, 5.74) is 7.32. The lowest BCUT2D eigenvalue weighted by Crippen LogP contribution is -2.05. The Morgan fingerprint density at radius 3 is 2.79 bits per heavy atom. The Morgan fingerprint density at radius 1 is 1.26 bits per heavy atom. The third-order valence-corrected chi connectivity index (χ3v) is 2.96. The molecule has 0 fully saturated rings. The average molecular weight is 278 g/mol. The number of ether oxygens (including phenoxy) is 1. The molecule has 19 heavy (non-hydrogen) atoms. The first kappa shape index (κ1) is 13.5. The van der Waals surface area contributed by atoms with Gasteiger partial charge in [-0.05, 0) is 30.7 Å². The summed E-state index contributed by atoms with van der Waals surface area (Å²) in [6, 6.07) is 11.3. The van der Waals surface area contributed by atoms with Gasteiger partial charge in [0, 0.05) is 11.6 Å². The van der Waals surface area contributed by atoms with Gasteiger partial charge in [0.1, 0.15) is 5.82 Å². The van der Waals surface area contributed by atoms with Crippen LogP contribution in [0.4, 0.5) is 11.5 Å². The van der Waals surface area contributed by atoms with Crippen LogP contribution in [0, 0.1) is 0 Å². The fourth-order valence-corrected chi connectivity index (χ4v) is 1.83. The molecule has 1 heterocycles. The van der Waals surface area contributed by atoms with Crippen molar-refractivity contribution >= 4 is 23.1 Å². The minimum absolute atomic E-state index is 0.451. The summed E-state index contributed by atoms with van der Waals surface area (Å²) in [4.78, 5) is 4.31. The first-order chi connectivity index (χ1) is 9.20. The number of anilines is 2. The third kappa shape index (κ3) is 3.51. The van der Waals surface area contributed by atoms with E-state index in [-0.39, 0.29) is 0 Å². The van der Waals surface area contributed by atoms with E-state index in [4.69, 9.17) is 22.1 Å². The van der Waals surface area contributed by atoms with Gasteiger partial charge in [-0.15, -0.1) is 0 Å². The number of aromatic nitrogens is 1. The van der Waals surface area contributed by atoms with E-state index in [0.717, 1.165) is 10.6 Å². The highest BCUT2D eigenvalue weighted by atomic mass is 35.5. The molecule has 0 saturated carbocycles. The lowest BCUT2D eigenvalue weighted by Gasteiger charge is -2.10. The van der Waals surface area contributed by atoms with Crippen molar-refractivity contribution in [1.82, 2.24) is 4.98 Å². The van der Waals surface area contributed by atoms with Crippen LogP contribution >= 0.6 is 11.6 Å². The summed E-state index contributed by atoms with van der Waals surface area (Å²) < 4.78 is 5.35. The Hall–Kier alpha value is -1.94. The van der Waals surface area contributed by atoms with Gasteiger partial charge in [0.15, 0.2) is 0 Å². The van der Waals surface area contributed by atoms with Crippen molar-refractivity contribution in [3.63, 3.8) is 0 Å². The normalized spacial score (nSPS) is 10.2. The highest BCUT2D eigenvalue weighted by Crippen LogP contribution is 2.22. The summed E-state index contributed by atoms with van der Waals surface area (Å²) in [7, 11) is 0. The standard InChI is InChI=1S/C14H16ClN3O/c1-2-19-14-12(16)7-8-13(18-14)17-9-10-5-3-4-6-11(10)15/h3-8H,2,9,16H2,1H3,(H,17,18). The van der Waals surface area contributed by atoms with Crippen LogP contribution in [0.5, 0.6) is 5.88 Å². The van der Waals surface area contributed by atoms with Crippen LogP contribution in [0.3, 0.4) is 0 Å². The molecule has 0 spiro atoms. The van der Waals surface area contributed by atoms with Gasteiger partial charge in [0.05, 0.1) is 12.3 Å². The molecule has 1 aromatic carbocycles. The molecule has 0 unspecified atom stereocenters. The molecule has 0 aliphatic carbocycles. The van der Waals surface area contributed by atoms with Gasteiger partial charge in [-0.3, -0.25) is 0 Å². The molecule has 1 aromatic heterocycles. The molecule has 4 nitrogen and oxygen atoms in total. The van der Waals surface area contributed by atoms with Gasteiger partial charge >= 0.3 is 0 Å². The van der Waals surface area contributed by atoms with E-state index < -0.39 is 0 Å². The minimum atomic E-state index is 0.451. The topological polar surface area (TPSA) is 60.2 Å². The van der Waals surface area contributed by atoms with Gasteiger partial charge < -0.3 is 15.8 Å². The van der Waals surface area contributed by atoms with Crippen LogP contribution in [0.25, 0.3) is 0 Å². The van der Waals surface area contributed by atoms with Crippen LogP contribution in [0.1, 0.15) is 12.5 Å². The first-order valence-corrected chi connectivity index (χ1v) is 6.45. The first-order valence-electron chi connectivity index (χ1n) is 6.07. The smallest absolute Gasteiger partial charge is 0.239 e. The number of hydrogen-bond acceptors (Lipinski definition) is 4. The molecule has 5 heteroatoms. The quantitative estimate of drug-likeness (QED) is 0.880. The maximum Gasteiger partial charge on any atom is 0.239 e. The summed E-state index contributed by atoms with van der Waals surface area (Å²) in [6.07, 6.45) is 0. The number of nitrogen functional groups attached to an aromatic ring is 1. The fraction of sp³-hybridized carbons (Fsp3) is 0.214. The van der Waals surface area contributed by atoms with Crippen LogP contribution in [-0.4, -0.2) is 11.6 Å². The number of pyridine rings is 1. The van der Waals surface area contributed by atoms with E-state index in [9.17, 15) is 0 Å². The Bertz CT molecular complexity index is 560. The van der Waals surface area contributed by atoms with E-state index >= 15 is 0 Å². The second kappa shape index (κ2) is 6.29. The predicted octanol–water partition coefficient (Wildman–Crippen LogP) is 3.33. The second-order valence-corrected chi connectivity index (χ2v) is 4.38. The van der Waals surface area contributed by atoms with Crippen LogP contribution in [0.15, 0.2) is 36.4 Å². The summed E-state index contributed by atoms with van der Waals surface area (Å²) in [5.74, 6) is 1.16. The molecular formula is C14H16ClN3O. The SMILES string of the molecule is CCOc1nc(NCc2ccccc2Cl)ccc1N. The van der Waals surface area contributed by atoms with Crippen molar-refractivity contribution in [2.75, 3.05) is 17.7 Å². The zero-order valence-electron chi connectivity index (χ0n) is 10.7. The molecule has 0 radical (unpaired) electrons. The van der Waals surface area contributed by atoms with E-state index in [1.165, 1.54) is 0 Å². The highest BCUT2D eigenvalue weighted by Gasteiger charge is 2.04. The molecule has 100 valence electrons. The summed E-state index contributed by atoms with van der Waals surface area (Å²) in [6.45, 7) is 3.03. The van der Waals surface area contributed by atoms with Crippen LogP contribution in [-0.2, 0) is 6.54 Å². The van der Waals surface area contributed by atoms with Gasteiger partial charge in [-0.25, -0.2) is 0 Å². The Kier molecular flexibility index (Phi) is 4.47. The molecule has 2 aromatic rings. The monoisotopic (exact) mass is 277 g/mol. The Balaban J connectivity index is 2.07. The molecule has 0 saturated heterocycles. The van der Waals surface area contributed by atoms with E-state index in [1.54, 1.807) is 6.07 Å². The number of nitrogens with zero attached hydrogens (tertiary/aromatic N) is 1. The van der Waals surface area contributed by atoms with Crippen molar-refractivity contribution in [3.05, 3.63) is 47.0 Å². The molecule has 3 N–H and O–H groups in total. The second-order valence-electron chi connectivity index (χ2n) is 3.97. The number of benzene rings is 1. The van der Waals surface area contributed by atoms with E-state index in [2.05, 4.69) is 10.3 Å². The zero-order valence-corrected chi connectivity index (χ0v) is 11.4. The summed E-state index contributed by atoms with van der Waals surface area (Å²) in [5, 5.41) is 3.93. The van der Waals surface area contributed by atoms with E-state index in [1.807, 2.05) is 37.3 Å². The fourth-order valence-electron chi connectivity index (χ4n) is 1.63. The maximum atomic E-state index is 6.09. The van der Waals surface area contributed by atoms with Crippen LogP contribution < -0.4 is 15.8 Å². The number of nitrogens with one attached hydrogen (secondary N) is 1.